The summed E-state index contributed by atoms with van der Waals surface area (Å²) in [6.45, 7) is 4.19. The summed E-state index contributed by atoms with van der Waals surface area (Å²) < 4.78 is 15.5. The molecule has 0 heterocycles. The molecule has 0 N–H and O–H groups in total. The Balaban J connectivity index is 3.24. The summed E-state index contributed by atoms with van der Waals surface area (Å²) in [5, 5.41) is 9.04. The van der Waals surface area contributed by atoms with Crippen molar-refractivity contribution in [2.24, 2.45) is 0 Å². The smallest absolute Gasteiger partial charge is 0.348 e. The molecular weight excluding hydrogens is 258 g/mol. The van der Waals surface area contributed by atoms with Crippen molar-refractivity contribution in [3.8, 4) is 17.6 Å². The minimum atomic E-state index is -0.653. The van der Waals surface area contributed by atoms with E-state index in [1.165, 1.54) is 13.2 Å². The van der Waals surface area contributed by atoms with Gasteiger partial charge in [0.1, 0.15) is 11.6 Å². The molecule has 0 saturated carbocycles. The highest BCUT2D eigenvalue weighted by molar-refractivity contribution is 5.98. The number of ether oxygens (including phenoxy) is 3. The third-order valence-electron chi connectivity index (χ3n) is 2.43. The van der Waals surface area contributed by atoms with E-state index in [1.54, 1.807) is 25.1 Å². The lowest BCUT2D eigenvalue weighted by molar-refractivity contribution is -0.137. The second-order valence-electron chi connectivity index (χ2n) is 3.70. The first-order valence-corrected chi connectivity index (χ1v) is 6.26. The van der Waals surface area contributed by atoms with E-state index >= 15 is 0 Å². The number of rotatable bonds is 6. The zero-order valence-corrected chi connectivity index (χ0v) is 11.8. The normalized spacial score (nSPS) is 10.6. The molecule has 0 fully saturated rings. The van der Waals surface area contributed by atoms with E-state index in [4.69, 9.17) is 19.5 Å². The van der Waals surface area contributed by atoms with Crippen molar-refractivity contribution in [2.75, 3.05) is 20.3 Å². The van der Waals surface area contributed by atoms with Crippen molar-refractivity contribution in [3.05, 3.63) is 29.3 Å². The summed E-state index contributed by atoms with van der Waals surface area (Å²) in [6.07, 6.45) is 1.44. The minimum absolute atomic E-state index is 0.0824. The van der Waals surface area contributed by atoms with Crippen LogP contribution in [0, 0.1) is 11.3 Å². The van der Waals surface area contributed by atoms with Gasteiger partial charge in [-0.05, 0) is 26.0 Å². The molecule has 0 aliphatic carbocycles. The maximum atomic E-state index is 11.6. The molecule has 0 amide bonds. The van der Waals surface area contributed by atoms with Crippen LogP contribution in [0.4, 0.5) is 0 Å². The average molecular weight is 275 g/mol. The van der Waals surface area contributed by atoms with Crippen LogP contribution in [0.3, 0.4) is 0 Å². The highest BCUT2D eigenvalue weighted by Crippen LogP contribution is 2.32. The maximum absolute atomic E-state index is 11.6. The monoisotopic (exact) mass is 275 g/mol. The molecule has 5 nitrogen and oxygen atoms in total. The Morgan fingerprint density at radius 3 is 2.65 bits per heavy atom. The van der Waals surface area contributed by atoms with E-state index in [9.17, 15) is 4.79 Å². The summed E-state index contributed by atoms with van der Waals surface area (Å²) in [5.74, 6) is 0.386. The predicted molar refractivity (Wildman–Crippen MR) is 74.4 cm³/mol. The van der Waals surface area contributed by atoms with Crippen molar-refractivity contribution in [1.82, 2.24) is 0 Å². The Bertz CT molecular complexity index is 543. The molecule has 106 valence electrons. The van der Waals surface area contributed by atoms with Gasteiger partial charge in [0.2, 0.25) is 0 Å². The molecule has 1 rings (SSSR count). The van der Waals surface area contributed by atoms with E-state index in [2.05, 4.69) is 0 Å². The van der Waals surface area contributed by atoms with E-state index < -0.39 is 5.97 Å². The van der Waals surface area contributed by atoms with E-state index in [0.717, 1.165) is 0 Å². The molecule has 1 aromatic carbocycles. The number of methoxy groups -OCH3 is 1. The minimum Gasteiger partial charge on any atom is -0.493 e. The lowest BCUT2D eigenvalue weighted by atomic mass is 10.1. The zero-order valence-electron chi connectivity index (χ0n) is 11.8. The number of carbonyl (C=O) groups excluding carboxylic acids is 1. The quantitative estimate of drug-likeness (QED) is 0.453. The molecule has 0 aliphatic rings. The van der Waals surface area contributed by atoms with Gasteiger partial charge in [0.25, 0.3) is 0 Å². The number of para-hydroxylation sites is 1. The summed E-state index contributed by atoms with van der Waals surface area (Å²) in [5.41, 5.74) is 0.511. The van der Waals surface area contributed by atoms with Gasteiger partial charge >= 0.3 is 5.97 Å². The second-order valence-corrected chi connectivity index (χ2v) is 3.70. The lowest BCUT2D eigenvalue weighted by Gasteiger charge is -2.12. The fraction of sp³-hybridized carbons (Fsp3) is 0.333. The molecule has 5 heteroatoms. The van der Waals surface area contributed by atoms with E-state index in [1.807, 2.05) is 13.0 Å². The second kappa shape index (κ2) is 7.85. The number of nitriles is 1. The van der Waals surface area contributed by atoms with Crippen LogP contribution in [-0.4, -0.2) is 26.3 Å². The van der Waals surface area contributed by atoms with Gasteiger partial charge in [-0.3, -0.25) is 0 Å². The van der Waals surface area contributed by atoms with Crippen molar-refractivity contribution in [2.45, 2.75) is 13.8 Å². The van der Waals surface area contributed by atoms with Crippen LogP contribution in [0.25, 0.3) is 6.08 Å². The van der Waals surface area contributed by atoms with Crippen LogP contribution >= 0.6 is 0 Å². The molecule has 0 atom stereocenters. The average Bonchev–Trinajstić information content (AvgIpc) is 2.46. The van der Waals surface area contributed by atoms with Crippen molar-refractivity contribution >= 4 is 12.0 Å². The number of carbonyl (C=O) groups is 1. The van der Waals surface area contributed by atoms with Crippen LogP contribution in [0.2, 0.25) is 0 Å². The molecule has 20 heavy (non-hydrogen) atoms. The van der Waals surface area contributed by atoms with Crippen LogP contribution in [-0.2, 0) is 9.53 Å². The highest BCUT2D eigenvalue weighted by Gasteiger charge is 2.14. The molecule has 0 radical (unpaired) electrons. The van der Waals surface area contributed by atoms with Crippen molar-refractivity contribution < 1.29 is 19.0 Å². The number of hydrogen-bond donors (Lipinski definition) is 0. The van der Waals surface area contributed by atoms with Crippen molar-refractivity contribution in [3.63, 3.8) is 0 Å². The topological polar surface area (TPSA) is 68.6 Å². The maximum Gasteiger partial charge on any atom is 0.348 e. The molecule has 1 aromatic rings. The van der Waals surface area contributed by atoms with Crippen LogP contribution in [0.15, 0.2) is 23.8 Å². The Morgan fingerprint density at radius 2 is 2.10 bits per heavy atom. The van der Waals surface area contributed by atoms with Gasteiger partial charge in [-0.1, -0.05) is 12.1 Å². The molecule has 0 unspecified atom stereocenters. The summed E-state index contributed by atoms with van der Waals surface area (Å²) in [7, 11) is 1.53. The first-order chi connectivity index (χ1) is 9.67. The summed E-state index contributed by atoms with van der Waals surface area (Å²) in [6, 6.07) is 7.08. The van der Waals surface area contributed by atoms with Crippen LogP contribution in [0.1, 0.15) is 19.4 Å². The van der Waals surface area contributed by atoms with Crippen LogP contribution in [0.5, 0.6) is 11.5 Å². The first kappa shape index (κ1) is 15.6. The molecule has 0 aliphatic heterocycles. The predicted octanol–water partition coefficient (Wildman–Crippen LogP) is 2.56. The molecule has 0 saturated heterocycles. The Morgan fingerprint density at radius 1 is 1.35 bits per heavy atom. The third-order valence-corrected chi connectivity index (χ3v) is 2.43. The standard InChI is InChI=1S/C15H17NO4/c1-4-19-14-11(7-6-8-13(14)18-3)9-12(10-16)15(17)20-5-2/h6-9H,4-5H2,1-3H3/b12-9-. The fourth-order valence-electron chi connectivity index (χ4n) is 1.61. The number of nitrogens with zero attached hydrogens (tertiary/aromatic N) is 1. The van der Waals surface area contributed by atoms with Gasteiger partial charge in [-0.25, -0.2) is 4.79 Å². The van der Waals surface area contributed by atoms with Gasteiger partial charge in [-0.15, -0.1) is 0 Å². The Kier molecular flexibility index (Phi) is 6.11. The third kappa shape index (κ3) is 3.75. The molecular formula is C15H17NO4. The lowest BCUT2D eigenvalue weighted by Crippen LogP contribution is -2.06. The SMILES string of the molecule is CCOC(=O)/C(C#N)=C\c1cccc(OC)c1OCC. The summed E-state index contributed by atoms with van der Waals surface area (Å²) in [4.78, 5) is 11.6. The zero-order chi connectivity index (χ0) is 15.0. The van der Waals surface area contributed by atoms with Gasteiger partial charge in [0.05, 0.1) is 20.3 Å². The summed E-state index contributed by atoms with van der Waals surface area (Å²) >= 11 is 0. The first-order valence-electron chi connectivity index (χ1n) is 6.26. The van der Waals surface area contributed by atoms with Gasteiger partial charge in [0.15, 0.2) is 11.5 Å². The molecule has 0 aromatic heterocycles. The van der Waals surface area contributed by atoms with Gasteiger partial charge < -0.3 is 14.2 Å². The number of benzene rings is 1. The Labute approximate surface area is 118 Å². The van der Waals surface area contributed by atoms with E-state index in [-0.39, 0.29) is 12.2 Å². The van der Waals surface area contributed by atoms with Gasteiger partial charge in [-0.2, -0.15) is 5.26 Å². The molecule has 0 bridgehead atoms. The Hall–Kier alpha value is -2.48. The van der Waals surface area contributed by atoms with Crippen LogP contribution < -0.4 is 9.47 Å². The fourth-order valence-corrected chi connectivity index (χ4v) is 1.61. The van der Waals surface area contributed by atoms with E-state index in [0.29, 0.717) is 23.7 Å². The van der Waals surface area contributed by atoms with Gasteiger partial charge in [0, 0.05) is 5.56 Å². The van der Waals surface area contributed by atoms with Crippen molar-refractivity contribution in [1.29, 1.82) is 5.26 Å². The number of hydrogen-bond acceptors (Lipinski definition) is 5. The molecule has 0 spiro atoms. The number of esters is 1. The largest absolute Gasteiger partial charge is 0.493 e. The highest BCUT2D eigenvalue weighted by atomic mass is 16.5.